The van der Waals surface area contributed by atoms with Crippen LogP contribution in [0.3, 0.4) is 0 Å². The molecule has 0 saturated heterocycles. The molecule has 0 aromatic heterocycles. The van der Waals surface area contributed by atoms with Crippen molar-refractivity contribution in [3.63, 3.8) is 0 Å². The molecule has 6 nitrogen and oxygen atoms in total. The van der Waals surface area contributed by atoms with E-state index in [4.69, 9.17) is 21.9 Å². The molecule has 6 N–H and O–H groups in total. The summed E-state index contributed by atoms with van der Waals surface area (Å²) < 4.78 is 0. The zero-order chi connectivity index (χ0) is 8.57. The van der Waals surface area contributed by atoms with Crippen LogP contribution < -0.4 is 11.5 Å². The lowest BCUT2D eigenvalue weighted by Crippen LogP contribution is -2.03. The first-order chi connectivity index (χ1) is 4.54. The van der Waals surface area contributed by atoms with Crippen LogP contribution in [0, 0.1) is 0 Å². The first kappa shape index (κ1) is 11.4. The van der Waals surface area contributed by atoms with Crippen LogP contribution >= 0.6 is 0 Å². The minimum Gasteiger partial charge on any atom is -0.409 e. The number of hydrogen-bond donors (Lipinski definition) is 4. The highest BCUT2D eigenvalue weighted by atomic mass is 16.4. The lowest BCUT2D eigenvalue weighted by atomic mass is 10.7. The molecule has 0 spiro atoms. The summed E-state index contributed by atoms with van der Waals surface area (Å²) >= 11 is 0. The quantitative estimate of drug-likeness (QED) is 0.160. The van der Waals surface area contributed by atoms with Gasteiger partial charge in [0.05, 0.1) is 0 Å². The van der Waals surface area contributed by atoms with Gasteiger partial charge >= 0.3 is 0 Å². The average Bonchev–Trinajstić information content (AvgIpc) is 1.89. The van der Waals surface area contributed by atoms with Crippen LogP contribution in [0.25, 0.3) is 0 Å². The first-order valence-corrected chi connectivity index (χ1v) is 2.42. The van der Waals surface area contributed by atoms with E-state index in [0.29, 0.717) is 0 Å². The van der Waals surface area contributed by atoms with E-state index in [0.717, 1.165) is 0 Å². The predicted octanol–water partition coefficient (Wildman–Crippen LogP) is -0.495. The van der Waals surface area contributed by atoms with Gasteiger partial charge in [0.2, 0.25) is 0 Å². The molecule has 0 fully saturated rings. The van der Waals surface area contributed by atoms with Crippen molar-refractivity contribution in [2.45, 2.75) is 13.8 Å². The Hall–Kier alpha value is -1.46. The fourth-order valence-corrected chi connectivity index (χ4v) is 0. The average molecular weight is 148 g/mol. The molecule has 0 aliphatic heterocycles. The Morgan fingerprint density at radius 2 is 1.10 bits per heavy atom. The zero-order valence-corrected chi connectivity index (χ0v) is 5.94. The second kappa shape index (κ2) is 7.54. The molecular weight excluding hydrogens is 136 g/mol. The van der Waals surface area contributed by atoms with Crippen LogP contribution in [0.1, 0.15) is 13.8 Å². The van der Waals surface area contributed by atoms with Crippen molar-refractivity contribution in [1.82, 2.24) is 0 Å². The van der Waals surface area contributed by atoms with Gasteiger partial charge in [0.15, 0.2) is 0 Å². The Kier molecular flexibility index (Phi) is 8.56. The summed E-state index contributed by atoms with van der Waals surface area (Å²) in [6, 6.07) is 0. The lowest BCUT2D eigenvalue weighted by molar-refractivity contribution is 0.318. The van der Waals surface area contributed by atoms with Gasteiger partial charge in [0.25, 0.3) is 0 Å². The van der Waals surface area contributed by atoms with Gasteiger partial charge in [-0.3, -0.25) is 0 Å². The molecule has 0 radical (unpaired) electrons. The number of amidine groups is 2. The zero-order valence-electron chi connectivity index (χ0n) is 5.94. The third-order valence-electron chi connectivity index (χ3n) is 0.315. The van der Waals surface area contributed by atoms with E-state index in [9.17, 15) is 0 Å². The smallest absolute Gasteiger partial charge is 0.135 e. The summed E-state index contributed by atoms with van der Waals surface area (Å²) in [4.78, 5) is 0. The maximum Gasteiger partial charge on any atom is 0.135 e. The number of oxime groups is 2. The summed E-state index contributed by atoms with van der Waals surface area (Å²) in [5.74, 6) is 0.370. The monoisotopic (exact) mass is 148 g/mol. The van der Waals surface area contributed by atoms with E-state index in [1.54, 1.807) is 0 Å². The Balaban J connectivity index is 0. The molecule has 10 heavy (non-hydrogen) atoms. The van der Waals surface area contributed by atoms with E-state index < -0.39 is 0 Å². The molecule has 60 valence electrons. The number of nitrogens with two attached hydrogens (primary N) is 2. The highest BCUT2D eigenvalue weighted by Gasteiger charge is 1.65. The molecule has 0 bridgehead atoms. The summed E-state index contributed by atoms with van der Waals surface area (Å²) in [7, 11) is 0. The van der Waals surface area contributed by atoms with Crippen LogP contribution in [-0.2, 0) is 0 Å². The third kappa shape index (κ3) is 31.1. The van der Waals surface area contributed by atoms with Gasteiger partial charge in [0.1, 0.15) is 11.7 Å². The minimum atomic E-state index is 0.185. The van der Waals surface area contributed by atoms with Gasteiger partial charge < -0.3 is 21.9 Å². The van der Waals surface area contributed by atoms with Crippen molar-refractivity contribution in [2.75, 3.05) is 0 Å². The summed E-state index contributed by atoms with van der Waals surface area (Å²) in [6.45, 7) is 3.00. The molecule has 0 aromatic carbocycles. The molecule has 0 atom stereocenters. The molecule has 0 aliphatic rings. The van der Waals surface area contributed by atoms with Crippen LogP contribution in [0.4, 0.5) is 0 Å². The Bertz CT molecular complexity index is 107. The Labute approximate surface area is 58.8 Å². The minimum absolute atomic E-state index is 0.185. The van der Waals surface area contributed by atoms with Gasteiger partial charge in [-0.1, -0.05) is 10.3 Å². The molecule has 6 heteroatoms. The van der Waals surface area contributed by atoms with E-state index in [1.165, 1.54) is 13.8 Å². The molecule has 0 saturated carbocycles. The number of nitrogens with zero attached hydrogens (tertiary/aromatic N) is 2. The third-order valence-corrected chi connectivity index (χ3v) is 0.315. The van der Waals surface area contributed by atoms with Gasteiger partial charge in [-0.15, -0.1) is 0 Å². The van der Waals surface area contributed by atoms with E-state index in [1.807, 2.05) is 0 Å². The first-order valence-electron chi connectivity index (χ1n) is 2.42. The summed E-state index contributed by atoms with van der Waals surface area (Å²) in [6.07, 6.45) is 0. The van der Waals surface area contributed by atoms with Crippen molar-refractivity contribution >= 4 is 11.7 Å². The fourth-order valence-electron chi connectivity index (χ4n) is 0. The standard InChI is InChI=1S/2C2H6N2O/c2*1-2(3)4-5/h2*5H,1H3,(H2,3,4). The van der Waals surface area contributed by atoms with Gasteiger partial charge in [-0.25, -0.2) is 0 Å². The highest BCUT2D eigenvalue weighted by molar-refractivity contribution is 5.76. The van der Waals surface area contributed by atoms with E-state index in [-0.39, 0.29) is 11.7 Å². The Morgan fingerprint density at radius 1 is 1.00 bits per heavy atom. The van der Waals surface area contributed by atoms with Crippen LogP contribution in [-0.4, -0.2) is 22.1 Å². The van der Waals surface area contributed by atoms with Crippen LogP contribution in [0.5, 0.6) is 0 Å². The highest BCUT2D eigenvalue weighted by Crippen LogP contribution is 1.51. The molecule has 0 aliphatic carbocycles. The van der Waals surface area contributed by atoms with Gasteiger partial charge in [0, 0.05) is 0 Å². The Morgan fingerprint density at radius 3 is 1.10 bits per heavy atom. The molecular formula is C4H12N4O2. The summed E-state index contributed by atoms with van der Waals surface area (Å²) in [5, 5.41) is 20.4. The van der Waals surface area contributed by atoms with Gasteiger partial charge in [-0.2, -0.15) is 0 Å². The van der Waals surface area contributed by atoms with Crippen LogP contribution in [0.15, 0.2) is 10.3 Å². The van der Waals surface area contributed by atoms with Gasteiger partial charge in [-0.05, 0) is 13.8 Å². The van der Waals surface area contributed by atoms with Crippen molar-refractivity contribution in [3.05, 3.63) is 0 Å². The molecule has 0 heterocycles. The van der Waals surface area contributed by atoms with Crippen molar-refractivity contribution in [2.24, 2.45) is 21.8 Å². The fraction of sp³-hybridized carbons (Fsp3) is 0.500. The van der Waals surface area contributed by atoms with E-state index >= 15 is 0 Å². The maximum atomic E-state index is 7.61. The van der Waals surface area contributed by atoms with Crippen molar-refractivity contribution in [1.29, 1.82) is 0 Å². The molecule has 0 rings (SSSR count). The topological polar surface area (TPSA) is 117 Å². The largest absolute Gasteiger partial charge is 0.409 e. The van der Waals surface area contributed by atoms with E-state index in [2.05, 4.69) is 10.3 Å². The lowest BCUT2D eigenvalue weighted by Gasteiger charge is -1.73. The van der Waals surface area contributed by atoms with Crippen molar-refractivity contribution in [3.8, 4) is 0 Å². The normalized spacial score (nSPS) is 11.8. The predicted molar refractivity (Wildman–Crippen MR) is 38.2 cm³/mol. The molecule has 0 aromatic rings. The second-order valence-electron chi connectivity index (χ2n) is 1.48. The maximum absolute atomic E-state index is 7.61. The molecule has 0 unspecified atom stereocenters. The number of hydrogen-bond acceptors (Lipinski definition) is 4. The SMILES string of the molecule is CC(N)=NO.CC(N)=NO. The molecule has 0 amide bonds. The number of rotatable bonds is 0. The summed E-state index contributed by atoms with van der Waals surface area (Å²) in [5.41, 5.74) is 9.58. The van der Waals surface area contributed by atoms with Crippen LogP contribution in [0.2, 0.25) is 0 Å². The van der Waals surface area contributed by atoms with Crippen molar-refractivity contribution < 1.29 is 10.4 Å². The second-order valence-corrected chi connectivity index (χ2v) is 1.48.